The quantitative estimate of drug-likeness (QED) is 0.487. The fourth-order valence-electron chi connectivity index (χ4n) is 1.07. The monoisotopic (exact) mass is 215 g/mol. The second-order valence-corrected chi connectivity index (χ2v) is 3.80. The lowest BCUT2D eigenvalue weighted by Crippen LogP contribution is -2.26. The van der Waals surface area contributed by atoms with Gasteiger partial charge in [-0.25, -0.2) is 0 Å². The van der Waals surface area contributed by atoms with Crippen molar-refractivity contribution in [1.82, 2.24) is 5.32 Å². The predicted molar refractivity (Wildman–Crippen MR) is 58.9 cm³/mol. The zero-order valence-electron chi connectivity index (χ0n) is 9.29. The van der Waals surface area contributed by atoms with Crippen LogP contribution in [-0.2, 0) is 9.59 Å². The van der Waals surface area contributed by atoms with Crippen molar-refractivity contribution in [3.05, 3.63) is 0 Å². The molecule has 0 aliphatic heterocycles. The lowest BCUT2D eigenvalue weighted by Gasteiger charge is -2.08. The van der Waals surface area contributed by atoms with E-state index in [1.54, 1.807) is 0 Å². The maximum Gasteiger partial charge on any atom is 0.220 e. The van der Waals surface area contributed by atoms with Crippen molar-refractivity contribution in [1.29, 1.82) is 0 Å². The molecule has 5 N–H and O–H groups in total. The summed E-state index contributed by atoms with van der Waals surface area (Å²) in [5.74, 6) is 0.0575. The minimum Gasteiger partial charge on any atom is -0.370 e. The van der Waals surface area contributed by atoms with Crippen LogP contribution in [0, 0.1) is 5.92 Å². The minimum absolute atomic E-state index is 0.0137. The Bertz CT molecular complexity index is 207. The van der Waals surface area contributed by atoms with E-state index in [-0.39, 0.29) is 11.8 Å². The van der Waals surface area contributed by atoms with Gasteiger partial charge in [0.25, 0.3) is 0 Å². The fraction of sp³-hybridized carbons (Fsp3) is 0.800. The molecular weight excluding hydrogens is 194 g/mol. The van der Waals surface area contributed by atoms with Crippen LogP contribution < -0.4 is 16.8 Å². The van der Waals surface area contributed by atoms with Gasteiger partial charge in [0.15, 0.2) is 0 Å². The molecule has 5 nitrogen and oxygen atoms in total. The van der Waals surface area contributed by atoms with Gasteiger partial charge >= 0.3 is 0 Å². The molecule has 0 fully saturated rings. The van der Waals surface area contributed by atoms with Gasteiger partial charge in [0.05, 0.1) is 0 Å². The summed E-state index contributed by atoms with van der Waals surface area (Å²) in [6.07, 6.45) is 2.22. The van der Waals surface area contributed by atoms with Crippen LogP contribution in [0.3, 0.4) is 0 Å². The fourth-order valence-corrected chi connectivity index (χ4v) is 1.07. The number of nitrogens with two attached hydrogens (primary N) is 2. The first-order valence-corrected chi connectivity index (χ1v) is 5.31. The number of rotatable bonds is 8. The minimum atomic E-state index is -0.332. The third kappa shape index (κ3) is 9.21. The maximum atomic E-state index is 11.2. The second kappa shape index (κ2) is 8.23. The van der Waals surface area contributed by atoms with Gasteiger partial charge in [-0.15, -0.1) is 0 Å². The lowest BCUT2D eigenvalue weighted by molar-refractivity contribution is -0.122. The van der Waals surface area contributed by atoms with Crippen molar-refractivity contribution in [2.45, 2.75) is 32.6 Å². The molecule has 0 spiro atoms. The molecule has 1 unspecified atom stereocenters. The van der Waals surface area contributed by atoms with Crippen molar-refractivity contribution >= 4 is 11.8 Å². The molecule has 0 aliphatic carbocycles. The van der Waals surface area contributed by atoms with Gasteiger partial charge in [0.2, 0.25) is 11.8 Å². The van der Waals surface area contributed by atoms with Gasteiger partial charge in [-0.05, 0) is 25.3 Å². The van der Waals surface area contributed by atoms with E-state index in [0.29, 0.717) is 38.3 Å². The second-order valence-electron chi connectivity index (χ2n) is 3.80. The maximum absolute atomic E-state index is 11.2. The number of nitrogens with one attached hydrogen (secondary N) is 1. The topological polar surface area (TPSA) is 98.2 Å². The third-order valence-corrected chi connectivity index (χ3v) is 2.19. The van der Waals surface area contributed by atoms with Crippen LogP contribution in [0.2, 0.25) is 0 Å². The highest BCUT2D eigenvalue weighted by atomic mass is 16.2. The first-order valence-electron chi connectivity index (χ1n) is 5.31. The number of amides is 2. The van der Waals surface area contributed by atoms with E-state index in [2.05, 4.69) is 5.32 Å². The number of primary amides is 1. The van der Waals surface area contributed by atoms with Gasteiger partial charge in [-0.1, -0.05) is 6.92 Å². The molecule has 0 heterocycles. The Hall–Kier alpha value is -1.10. The summed E-state index contributed by atoms with van der Waals surface area (Å²) in [6, 6.07) is 0. The third-order valence-electron chi connectivity index (χ3n) is 2.19. The van der Waals surface area contributed by atoms with Gasteiger partial charge in [-0.2, -0.15) is 0 Å². The van der Waals surface area contributed by atoms with E-state index in [4.69, 9.17) is 11.5 Å². The molecule has 2 amide bonds. The molecule has 0 aromatic heterocycles. The van der Waals surface area contributed by atoms with Gasteiger partial charge < -0.3 is 16.8 Å². The molecule has 0 aromatic rings. The summed E-state index contributed by atoms with van der Waals surface area (Å²) < 4.78 is 0. The van der Waals surface area contributed by atoms with Crippen molar-refractivity contribution in [3.8, 4) is 0 Å². The SMILES string of the molecule is CC(CN)CCC(=O)NCCCC(N)=O. The molecule has 0 bridgehead atoms. The standard InChI is InChI=1S/C10H21N3O2/c1-8(7-11)4-5-10(15)13-6-2-3-9(12)14/h8H,2-7,11H2,1H3,(H2,12,14)(H,13,15). The Labute approximate surface area is 90.6 Å². The summed E-state index contributed by atoms with van der Waals surface area (Å²) in [7, 11) is 0. The largest absolute Gasteiger partial charge is 0.370 e. The molecule has 15 heavy (non-hydrogen) atoms. The normalized spacial score (nSPS) is 12.1. The average Bonchev–Trinajstić information content (AvgIpc) is 2.20. The van der Waals surface area contributed by atoms with Crippen molar-refractivity contribution in [3.63, 3.8) is 0 Å². The Kier molecular flexibility index (Phi) is 7.62. The van der Waals surface area contributed by atoms with Crippen LogP contribution in [0.25, 0.3) is 0 Å². The summed E-state index contributed by atoms with van der Waals surface area (Å²) >= 11 is 0. The van der Waals surface area contributed by atoms with E-state index in [9.17, 15) is 9.59 Å². The van der Waals surface area contributed by atoms with Crippen LogP contribution >= 0.6 is 0 Å². The predicted octanol–water partition coefficient (Wildman–Crippen LogP) is -0.257. The van der Waals surface area contributed by atoms with Crippen molar-refractivity contribution in [2.75, 3.05) is 13.1 Å². The summed E-state index contributed by atoms with van der Waals surface area (Å²) in [5.41, 5.74) is 10.4. The molecule has 0 rings (SSSR count). The lowest BCUT2D eigenvalue weighted by atomic mass is 10.1. The van der Waals surface area contributed by atoms with E-state index in [1.807, 2.05) is 6.92 Å². The number of hydrogen-bond donors (Lipinski definition) is 3. The average molecular weight is 215 g/mol. The van der Waals surface area contributed by atoms with Gasteiger partial charge in [0.1, 0.15) is 0 Å². The number of carbonyl (C=O) groups is 2. The van der Waals surface area contributed by atoms with E-state index in [1.165, 1.54) is 0 Å². The Morgan fingerprint density at radius 3 is 2.53 bits per heavy atom. The molecular formula is C10H21N3O2. The van der Waals surface area contributed by atoms with Crippen LogP contribution in [0.15, 0.2) is 0 Å². The first kappa shape index (κ1) is 13.9. The number of carbonyl (C=O) groups excluding carboxylic acids is 2. The Morgan fingerprint density at radius 2 is 2.00 bits per heavy atom. The van der Waals surface area contributed by atoms with Crippen molar-refractivity contribution < 1.29 is 9.59 Å². The zero-order valence-corrected chi connectivity index (χ0v) is 9.29. The van der Waals surface area contributed by atoms with Crippen LogP contribution in [-0.4, -0.2) is 24.9 Å². The van der Waals surface area contributed by atoms with Crippen molar-refractivity contribution in [2.24, 2.45) is 17.4 Å². The van der Waals surface area contributed by atoms with Gasteiger partial charge in [-0.3, -0.25) is 9.59 Å². The Balaban J connectivity index is 3.37. The molecule has 88 valence electrons. The number of hydrogen-bond acceptors (Lipinski definition) is 3. The smallest absolute Gasteiger partial charge is 0.220 e. The Morgan fingerprint density at radius 1 is 1.33 bits per heavy atom. The zero-order chi connectivity index (χ0) is 11.7. The first-order chi connectivity index (χ1) is 7.06. The summed E-state index contributed by atoms with van der Waals surface area (Å²) in [6.45, 7) is 3.13. The highest BCUT2D eigenvalue weighted by Gasteiger charge is 2.04. The molecule has 0 radical (unpaired) electrons. The molecule has 5 heteroatoms. The van der Waals surface area contributed by atoms with Crippen LogP contribution in [0.1, 0.15) is 32.6 Å². The van der Waals surface area contributed by atoms with Gasteiger partial charge in [0, 0.05) is 19.4 Å². The molecule has 0 aromatic carbocycles. The molecule has 0 saturated carbocycles. The molecule has 0 aliphatic rings. The van der Waals surface area contributed by atoms with Crippen LogP contribution in [0.5, 0.6) is 0 Å². The highest BCUT2D eigenvalue weighted by Crippen LogP contribution is 2.02. The van der Waals surface area contributed by atoms with Crippen LogP contribution in [0.4, 0.5) is 0 Å². The van der Waals surface area contributed by atoms with E-state index < -0.39 is 0 Å². The van der Waals surface area contributed by atoms with E-state index in [0.717, 1.165) is 6.42 Å². The molecule has 1 atom stereocenters. The highest BCUT2D eigenvalue weighted by molar-refractivity contribution is 5.76. The van der Waals surface area contributed by atoms with E-state index >= 15 is 0 Å². The summed E-state index contributed by atoms with van der Waals surface area (Å²) in [5, 5.41) is 2.73. The molecule has 0 saturated heterocycles. The summed E-state index contributed by atoms with van der Waals surface area (Å²) in [4.78, 5) is 21.6.